The molecule has 12 N–H and O–H groups in total. The minimum atomic E-state index is -1.26. The number of ether oxygens (including phenoxy) is 8. The summed E-state index contributed by atoms with van der Waals surface area (Å²) < 4.78 is 50.0. The maximum absolute atomic E-state index is 13.3. The van der Waals surface area contributed by atoms with Gasteiger partial charge in [0.2, 0.25) is 23.6 Å². The number of amides is 4. The van der Waals surface area contributed by atoms with Crippen LogP contribution in [-0.2, 0) is 57.1 Å². The number of carbonyl (C=O) groups excluding carboxylic acids is 6. The molecular weight excluding hydrogens is 1690 g/mol. The first-order valence-corrected chi connectivity index (χ1v) is 44.4. The molecule has 728 valence electrons. The van der Waals surface area contributed by atoms with Crippen LogP contribution >= 0.6 is 0 Å². The van der Waals surface area contributed by atoms with Crippen molar-refractivity contribution in [3.63, 3.8) is 0 Å². The number of nitrogens with one attached hydrogen (secondary N) is 4. The third-order valence-electron chi connectivity index (χ3n) is 23.3. The van der Waals surface area contributed by atoms with Crippen molar-refractivity contribution in [2.75, 3.05) is 76.1 Å². The molecule has 0 aliphatic carbocycles. The summed E-state index contributed by atoms with van der Waals surface area (Å²) in [5, 5.41) is 97.5. The first kappa shape index (κ1) is 107. The van der Waals surface area contributed by atoms with Crippen LogP contribution in [0.3, 0.4) is 0 Å². The summed E-state index contributed by atoms with van der Waals surface area (Å²) >= 11 is 0. The van der Waals surface area contributed by atoms with Gasteiger partial charge in [0.15, 0.2) is 36.5 Å². The molecule has 4 amide bonds. The lowest BCUT2D eigenvalue weighted by atomic mass is 9.80. The van der Waals surface area contributed by atoms with Crippen LogP contribution in [0, 0.1) is 71.0 Å². The lowest BCUT2D eigenvalue weighted by Gasteiger charge is -2.26. The Bertz CT molecular complexity index is 5200. The van der Waals surface area contributed by atoms with Gasteiger partial charge >= 0.3 is 0 Å². The zero-order valence-electron chi connectivity index (χ0n) is 80.1. The van der Waals surface area contributed by atoms with Gasteiger partial charge in [-0.15, -0.1) is 0 Å². The number of rotatable bonds is 32. The Morgan fingerprint density at radius 1 is 0.366 bits per heavy atom. The molecule has 4 aliphatic rings. The van der Waals surface area contributed by atoms with Crippen LogP contribution in [0.25, 0.3) is 44.1 Å². The van der Waals surface area contributed by atoms with Crippen molar-refractivity contribution < 1.29 is 108 Å². The number of anilines is 4. The Labute approximate surface area is 766 Å². The van der Waals surface area contributed by atoms with Gasteiger partial charge in [-0.05, 0) is 112 Å². The standard InChI is InChI=1S/C25H38N4O6.C24H38N4O5.C22H32N4O6.C21H32N4O5.CH4/c1-13(2)8-15(9-25(4,5)6)23(33)28-21-18-16(14(3)30)10-29(22(18)27-12-26-21)24-20(32)19(31)17(35-24)11-34-7;1-13(2)8-15(9-24(4,5)6)22(31)27-20-17-14(3)10-28(21(17)26-12-25-20)23-19(30)18(29)16(33-23)11-32-7;1-11(2)7-22(4,5)21(30)25-18-15-13(12(3)27)8-26(19(15)24-10-23-18)20-17(29)16(28)14(32-20)9-31-6;1-11(2)7-21(4,5)20(28)24-17-14-12(3)8-25(18(14)23-10-22-17)19-16(27)15(26)13(30-19)9-29-6;/h10,12-13,15,17,19-20,24,31-32H,8-9,11H2,1-7H3,(H,26,27,28,33);10,12-13,15-16,18-19,23,29-30H,8-9,11H2,1-7H3,(H,25,26,27,31);8,10-11,14,16-17,20,28-29H,7,9H2,1-6H3,(H,23,24,25,30);8,10-11,13,15-16,19,26-27H,7,9H2,1-6H3,(H,22,23,24,28);1H4/t15?,17-,19?,20+,24-;15?,16-,18?,19+,23-;14-,16?,17+,20-;13-,15?,16+,19-;/m1111./s1. The van der Waals surface area contributed by atoms with Crippen LogP contribution in [0.15, 0.2) is 50.1 Å². The minimum Gasteiger partial charge on any atom is -0.387 e. The quantitative estimate of drug-likeness (QED) is 0.0174. The number of hydrogen-bond donors (Lipinski definition) is 12. The zero-order chi connectivity index (χ0) is 96.6. The number of hydrogen-bond acceptors (Lipinski definition) is 30. The van der Waals surface area contributed by atoms with E-state index in [1.807, 2.05) is 55.4 Å². The first-order valence-electron chi connectivity index (χ1n) is 44.4. The number of aliphatic hydroxyl groups excluding tert-OH is 8. The van der Waals surface area contributed by atoms with Gasteiger partial charge in [-0.1, -0.05) is 132 Å². The van der Waals surface area contributed by atoms with Crippen molar-refractivity contribution in [1.82, 2.24) is 58.1 Å². The van der Waals surface area contributed by atoms with Gasteiger partial charge in [0.05, 0.1) is 48.0 Å². The highest BCUT2D eigenvalue weighted by molar-refractivity contribution is 6.13. The van der Waals surface area contributed by atoms with E-state index in [0.717, 1.165) is 36.8 Å². The molecule has 0 radical (unpaired) electrons. The molecule has 38 heteroatoms. The summed E-state index contributed by atoms with van der Waals surface area (Å²) in [7, 11) is 5.97. The summed E-state index contributed by atoms with van der Waals surface area (Å²) in [6, 6.07) is 0. The molecule has 12 heterocycles. The molecule has 12 rings (SSSR count). The normalized spacial score (nSPS) is 24.0. The van der Waals surface area contributed by atoms with Crippen molar-refractivity contribution in [1.29, 1.82) is 0 Å². The number of nitrogens with zero attached hydrogens (tertiary/aromatic N) is 12. The summed E-state index contributed by atoms with van der Waals surface area (Å²) in [4.78, 5) is 112. The van der Waals surface area contributed by atoms with Crippen molar-refractivity contribution in [2.45, 2.75) is 296 Å². The van der Waals surface area contributed by atoms with Crippen molar-refractivity contribution in [3.05, 3.63) is 72.4 Å². The SMILES string of the molecule is C.COC[C@H]1O[C@@H](n2cc(C(C)=O)c3c(NC(=O)C(C)(C)CC(C)C)ncnc32)[C@@H](O)C1O.COC[C@H]1O[C@@H](n2cc(C(C)=O)c3c(NC(=O)C(CC(C)C)CC(C)(C)C)ncnc32)[C@@H](O)C1O.COC[C@H]1O[C@@H](n2cc(C)c3c(NC(=O)C(C)(C)CC(C)C)ncnc32)[C@@H](O)C1O.COC[C@H]1O[C@@H](n2cc(C)c3c(NC(=O)C(CC(C)C)CC(C)(C)C)ncnc32)[C@@H](O)C1O. The van der Waals surface area contributed by atoms with Gasteiger partial charge < -0.3 is 118 Å². The van der Waals surface area contributed by atoms with Crippen LogP contribution in [0.4, 0.5) is 23.3 Å². The molecule has 0 saturated carbocycles. The topological polar surface area (TPSA) is 509 Å². The molecule has 8 aromatic rings. The molecule has 4 fully saturated rings. The van der Waals surface area contributed by atoms with Crippen LogP contribution in [0.1, 0.15) is 241 Å². The van der Waals surface area contributed by atoms with Gasteiger partial charge in [0.25, 0.3) is 0 Å². The van der Waals surface area contributed by atoms with Gasteiger partial charge in [0, 0.05) is 87.0 Å². The highest BCUT2D eigenvalue weighted by Crippen LogP contribution is 2.43. The molecule has 0 spiro atoms. The Balaban J connectivity index is 0.000000215. The molecule has 131 heavy (non-hydrogen) atoms. The molecule has 8 aromatic heterocycles. The fraction of sp³-hybridized carbons (Fsp3) is 0.677. The molecule has 18 atom stereocenters. The molecule has 4 saturated heterocycles. The molecule has 38 nitrogen and oxygen atoms in total. The third kappa shape index (κ3) is 25.6. The fourth-order valence-electron chi connectivity index (χ4n) is 17.8. The average molecular weight is 1840 g/mol. The van der Waals surface area contributed by atoms with Crippen LogP contribution in [0.5, 0.6) is 0 Å². The number of carbonyl (C=O) groups is 6. The van der Waals surface area contributed by atoms with Gasteiger partial charge in [0.1, 0.15) is 144 Å². The van der Waals surface area contributed by atoms with E-state index in [0.29, 0.717) is 92.3 Å². The molecule has 0 aromatic carbocycles. The van der Waals surface area contributed by atoms with Crippen LogP contribution < -0.4 is 21.3 Å². The second-order valence-electron chi connectivity index (χ2n) is 40.2. The summed E-state index contributed by atoms with van der Waals surface area (Å²) in [5.74, 6) is 1.28. The average Bonchev–Trinajstić information content (AvgIpc) is 1.62. The van der Waals surface area contributed by atoms with Gasteiger partial charge in [-0.3, -0.25) is 28.8 Å². The highest BCUT2D eigenvalue weighted by Gasteiger charge is 2.49. The lowest BCUT2D eigenvalue weighted by molar-refractivity contribution is -0.125. The largest absolute Gasteiger partial charge is 0.387 e. The Kier molecular flexibility index (Phi) is 36.8. The number of aromatic nitrogens is 12. The van der Waals surface area contributed by atoms with Crippen molar-refractivity contribution in [3.8, 4) is 0 Å². The number of ketones is 2. The molecule has 4 aliphatic heterocycles. The Hall–Kier alpha value is -8.94. The van der Waals surface area contributed by atoms with Crippen molar-refractivity contribution in [2.24, 2.45) is 57.2 Å². The first-order chi connectivity index (χ1) is 60.8. The Morgan fingerprint density at radius 2 is 0.611 bits per heavy atom. The zero-order valence-corrected chi connectivity index (χ0v) is 80.1. The third-order valence-corrected chi connectivity index (χ3v) is 23.3. The molecule has 0 bridgehead atoms. The summed E-state index contributed by atoms with van der Waals surface area (Å²) in [6.07, 6.45) is 0.611. The lowest BCUT2D eigenvalue weighted by Crippen LogP contribution is -2.33. The van der Waals surface area contributed by atoms with Crippen molar-refractivity contribution >= 4 is 103 Å². The second kappa shape index (κ2) is 44.9. The molecule has 6 unspecified atom stereocenters. The minimum absolute atomic E-state index is 0. The van der Waals surface area contributed by atoms with Gasteiger partial charge in [-0.25, -0.2) is 39.9 Å². The number of methoxy groups -OCH3 is 4. The van der Waals surface area contributed by atoms with E-state index in [1.54, 1.807) is 21.5 Å². The van der Waals surface area contributed by atoms with E-state index in [9.17, 15) is 69.6 Å². The number of aryl methyl sites for hydroxylation is 2. The maximum atomic E-state index is 13.3. The summed E-state index contributed by atoms with van der Waals surface area (Å²) in [6.45, 7) is 44.0. The fourth-order valence-corrected chi connectivity index (χ4v) is 17.8. The van der Waals surface area contributed by atoms with Crippen LogP contribution in [-0.4, -0.2) is 262 Å². The van der Waals surface area contributed by atoms with E-state index >= 15 is 0 Å². The van der Waals surface area contributed by atoms with E-state index in [2.05, 4.69) is 144 Å². The smallest absolute Gasteiger partial charge is 0.231 e. The molecular formula is C93H144N16O22. The van der Waals surface area contributed by atoms with Crippen LogP contribution in [0.2, 0.25) is 0 Å². The number of fused-ring (bicyclic) bond motifs is 4. The number of Topliss-reactive ketones (excluding diaryl/α,β-unsaturated/α-hetero) is 2. The number of aliphatic hydroxyl groups is 8. The van der Waals surface area contributed by atoms with E-state index in [1.165, 1.54) is 89.1 Å². The monoisotopic (exact) mass is 1840 g/mol. The van der Waals surface area contributed by atoms with Gasteiger partial charge in [-0.2, -0.15) is 0 Å². The second-order valence-corrected chi connectivity index (χ2v) is 40.2. The Morgan fingerprint density at radius 3 is 0.855 bits per heavy atom. The predicted molar refractivity (Wildman–Crippen MR) is 493 cm³/mol. The summed E-state index contributed by atoms with van der Waals surface area (Å²) in [5.41, 5.74) is 2.64. The van der Waals surface area contributed by atoms with E-state index in [4.69, 9.17) is 37.9 Å². The van der Waals surface area contributed by atoms with E-state index in [-0.39, 0.29) is 114 Å². The maximum Gasteiger partial charge on any atom is 0.231 e. The highest BCUT2D eigenvalue weighted by atomic mass is 16.6. The predicted octanol–water partition coefficient (Wildman–Crippen LogP) is 10.5. The van der Waals surface area contributed by atoms with E-state index < -0.39 is 109 Å².